The Hall–Kier alpha value is -2.40. The average molecular weight is 298 g/mol. The van der Waals surface area contributed by atoms with Gasteiger partial charge in [-0.05, 0) is 24.3 Å². The van der Waals surface area contributed by atoms with Crippen LogP contribution in [-0.2, 0) is 9.84 Å². The summed E-state index contributed by atoms with van der Waals surface area (Å²) >= 11 is 0. The summed E-state index contributed by atoms with van der Waals surface area (Å²) in [5.74, 6) is 0.792. The molecule has 4 nitrogen and oxygen atoms in total. The van der Waals surface area contributed by atoms with Crippen molar-refractivity contribution in [2.24, 2.45) is 0 Å². The molecule has 0 saturated carbocycles. The molecule has 0 amide bonds. The molecule has 0 bridgehead atoms. The molecule has 0 spiro atoms. The van der Waals surface area contributed by atoms with Crippen LogP contribution >= 0.6 is 0 Å². The summed E-state index contributed by atoms with van der Waals surface area (Å²) in [7, 11) is -3.26. The van der Waals surface area contributed by atoms with Crippen LogP contribution in [0.5, 0.6) is 0 Å². The van der Waals surface area contributed by atoms with Gasteiger partial charge in [-0.3, -0.25) is 0 Å². The van der Waals surface area contributed by atoms with Gasteiger partial charge in [0, 0.05) is 36.0 Å². The zero-order chi connectivity index (χ0) is 14.9. The van der Waals surface area contributed by atoms with Crippen LogP contribution in [0, 0.1) is 0 Å². The van der Waals surface area contributed by atoms with Crippen molar-refractivity contribution in [1.82, 2.24) is 9.55 Å². The number of benzene rings is 1. The van der Waals surface area contributed by atoms with Gasteiger partial charge >= 0.3 is 0 Å². The molecular weight excluding hydrogens is 284 g/mol. The summed E-state index contributed by atoms with van der Waals surface area (Å²) in [6.45, 7) is 0. The monoisotopic (exact) mass is 298 g/mol. The van der Waals surface area contributed by atoms with E-state index in [2.05, 4.69) is 4.98 Å². The van der Waals surface area contributed by atoms with E-state index in [1.807, 2.05) is 53.4 Å². The fourth-order valence-electron chi connectivity index (χ4n) is 2.23. The molecule has 0 N–H and O–H groups in total. The van der Waals surface area contributed by atoms with E-state index in [1.54, 1.807) is 18.3 Å². The lowest BCUT2D eigenvalue weighted by Gasteiger charge is -2.06. The van der Waals surface area contributed by atoms with E-state index in [0.717, 1.165) is 11.4 Å². The van der Waals surface area contributed by atoms with Gasteiger partial charge in [0.05, 0.1) is 4.90 Å². The predicted molar refractivity (Wildman–Crippen MR) is 82.1 cm³/mol. The van der Waals surface area contributed by atoms with Gasteiger partial charge in [-0.25, -0.2) is 13.4 Å². The van der Waals surface area contributed by atoms with Crippen LogP contribution in [0.1, 0.15) is 0 Å². The van der Waals surface area contributed by atoms with E-state index < -0.39 is 9.84 Å². The minimum Gasteiger partial charge on any atom is -0.308 e. The lowest BCUT2D eigenvalue weighted by molar-refractivity contribution is 0.602. The van der Waals surface area contributed by atoms with Crippen molar-refractivity contribution in [2.75, 3.05) is 6.26 Å². The first-order chi connectivity index (χ1) is 10.1. The summed E-state index contributed by atoms with van der Waals surface area (Å²) in [6.07, 6.45) is 6.70. The smallest absolute Gasteiger partial charge is 0.176 e. The molecule has 5 heteroatoms. The number of rotatable bonds is 3. The molecule has 0 radical (unpaired) electrons. The number of hydrogen-bond acceptors (Lipinski definition) is 3. The van der Waals surface area contributed by atoms with E-state index in [-0.39, 0.29) is 0 Å². The fraction of sp³-hybridized carbons (Fsp3) is 0.0625. The molecule has 2 aromatic heterocycles. The molecule has 0 unspecified atom stereocenters. The highest BCUT2D eigenvalue weighted by atomic mass is 32.2. The van der Waals surface area contributed by atoms with Crippen molar-refractivity contribution in [3.63, 3.8) is 0 Å². The quantitative estimate of drug-likeness (QED) is 0.747. The summed E-state index contributed by atoms with van der Waals surface area (Å²) in [4.78, 5) is 4.61. The van der Waals surface area contributed by atoms with Crippen molar-refractivity contribution >= 4 is 9.84 Å². The van der Waals surface area contributed by atoms with Crippen LogP contribution in [0.2, 0.25) is 0 Å². The Balaban J connectivity index is 2.10. The molecule has 0 fully saturated rings. The van der Waals surface area contributed by atoms with Gasteiger partial charge in [-0.2, -0.15) is 0 Å². The van der Waals surface area contributed by atoms with Gasteiger partial charge in [-0.15, -0.1) is 0 Å². The predicted octanol–water partition coefficient (Wildman–Crippen LogP) is 2.94. The summed E-state index contributed by atoms with van der Waals surface area (Å²) in [5, 5.41) is 0. The second-order valence-electron chi connectivity index (χ2n) is 4.76. The topological polar surface area (TPSA) is 52.0 Å². The molecule has 0 aliphatic carbocycles. The van der Waals surface area contributed by atoms with E-state index in [0.29, 0.717) is 10.5 Å². The molecule has 3 aromatic rings. The van der Waals surface area contributed by atoms with Crippen LogP contribution in [0.3, 0.4) is 0 Å². The van der Waals surface area contributed by atoms with Crippen LogP contribution in [0.4, 0.5) is 0 Å². The first kappa shape index (κ1) is 13.6. The molecule has 0 aliphatic heterocycles. The third kappa shape index (κ3) is 2.73. The Morgan fingerprint density at radius 1 is 1.00 bits per heavy atom. The molecule has 1 aromatic carbocycles. The largest absolute Gasteiger partial charge is 0.308 e. The van der Waals surface area contributed by atoms with E-state index in [9.17, 15) is 8.42 Å². The minimum atomic E-state index is -3.26. The fourth-order valence-corrected chi connectivity index (χ4v) is 3.14. The molecular formula is C16H14N2O2S. The van der Waals surface area contributed by atoms with Crippen molar-refractivity contribution in [3.8, 4) is 16.9 Å². The van der Waals surface area contributed by atoms with Gasteiger partial charge in [0.1, 0.15) is 5.82 Å². The zero-order valence-electron chi connectivity index (χ0n) is 11.5. The van der Waals surface area contributed by atoms with Gasteiger partial charge in [0.15, 0.2) is 9.84 Å². The first-order valence-corrected chi connectivity index (χ1v) is 8.34. The number of hydrogen-bond donors (Lipinski definition) is 0. The van der Waals surface area contributed by atoms with E-state index in [1.165, 1.54) is 6.26 Å². The van der Waals surface area contributed by atoms with Crippen LogP contribution in [0.15, 0.2) is 72.0 Å². The first-order valence-electron chi connectivity index (χ1n) is 6.44. The van der Waals surface area contributed by atoms with E-state index in [4.69, 9.17) is 0 Å². The molecule has 2 heterocycles. The van der Waals surface area contributed by atoms with Crippen molar-refractivity contribution < 1.29 is 8.42 Å². The van der Waals surface area contributed by atoms with Gasteiger partial charge in [0.25, 0.3) is 0 Å². The van der Waals surface area contributed by atoms with Gasteiger partial charge in [0.2, 0.25) is 0 Å². The average Bonchev–Trinajstić information content (AvgIpc) is 2.97. The van der Waals surface area contributed by atoms with Crippen molar-refractivity contribution in [3.05, 3.63) is 67.1 Å². The highest BCUT2D eigenvalue weighted by Crippen LogP contribution is 2.28. The van der Waals surface area contributed by atoms with Crippen LogP contribution in [-0.4, -0.2) is 24.2 Å². The molecule has 0 aliphatic rings. The minimum absolute atomic E-state index is 0.337. The maximum absolute atomic E-state index is 11.9. The molecule has 3 rings (SSSR count). The summed E-state index contributed by atoms with van der Waals surface area (Å²) in [6, 6.07) is 14.6. The number of nitrogens with zero attached hydrogens (tertiary/aromatic N) is 2. The maximum Gasteiger partial charge on any atom is 0.176 e. The Morgan fingerprint density at radius 3 is 2.48 bits per heavy atom. The molecule has 0 saturated heterocycles. The van der Waals surface area contributed by atoms with Crippen molar-refractivity contribution in [2.45, 2.75) is 4.90 Å². The van der Waals surface area contributed by atoms with Crippen molar-refractivity contribution in [1.29, 1.82) is 0 Å². The molecule has 21 heavy (non-hydrogen) atoms. The zero-order valence-corrected chi connectivity index (χ0v) is 12.3. The molecule has 0 atom stereocenters. The van der Waals surface area contributed by atoms with Crippen LogP contribution in [0.25, 0.3) is 16.9 Å². The Kier molecular flexibility index (Phi) is 3.35. The lowest BCUT2D eigenvalue weighted by Crippen LogP contribution is -1.99. The third-order valence-electron chi connectivity index (χ3n) is 3.20. The summed E-state index contributed by atoms with van der Waals surface area (Å²) in [5.41, 5.74) is 1.55. The highest BCUT2D eigenvalue weighted by Gasteiger charge is 2.14. The summed E-state index contributed by atoms with van der Waals surface area (Å²) < 4.78 is 25.6. The Bertz CT molecular complexity index is 868. The normalized spacial score (nSPS) is 11.5. The van der Waals surface area contributed by atoms with Gasteiger partial charge < -0.3 is 4.57 Å². The second-order valence-corrected chi connectivity index (χ2v) is 6.75. The van der Waals surface area contributed by atoms with Crippen LogP contribution < -0.4 is 0 Å². The number of aromatic nitrogens is 2. The Labute approximate surface area is 123 Å². The highest BCUT2D eigenvalue weighted by molar-refractivity contribution is 7.90. The number of sulfone groups is 1. The number of pyridine rings is 1. The standard InChI is InChI=1S/C16H14N2O2S/c1-21(19,20)15-7-3-2-6-14(15)13-9-11-18(12-13)16-8-4-5-10-17-16/h2-12H,1H3. The second kappa shape index (κ2) is 5.18. The molecule has 106 valence electrons. The Morgan fingerprint density at radius 2 is 1.76 bits per heavy atom. The van der Waals surface area contributed by atoms with Gasteiger partial charge in [-0.1, -0.05) is 24.3 Å². The maximum atomic E-state index is 11.9. The lowest BCUT2D eigenvalue weighted by atomic mass is 10.1. The van der Waals surface area contributed by atoms with E-state index >= 15 is 0 Å². The third-order valence-corrected chi connectivity index (χ3v) is 4.36. The SMILES string of the molecule is CS(=O)(=O)c1ccccc1-c1ccn(-c2ccccn2)c1.